The number of hydrogen-bond acceptors (Lipinski definition) is 0. The summed E-state index contributed by atoms with van der Waals surface area (Å²) in [5.74, 6) is 0. The molecule has 0 unspecified atom stereocenters. The van der Waals surface area contributed by atoms with Gasteiger partial charge >= 0.3 is 21.1 Å². The Labute approximate surface area is 173 Å². The van der Waals surface area contributed by atoms with Gasteiger partial charge in [0, 0.05) is 0 Å². The van der Waals surface area contributed by atoms with Crippen molar-refractivity contribution in [2.45, 2.75) is 0 Å². The summed E-state index contributed by atoms with van der Waals surface area (Å²) < 4.78 is 0. The van der Waals surface area contributed by atoms with E-state index < -0.39 is 7.92 Å². The van der Waals surface area contributed by atoms with Crippen LogP contribution in [0.1, 0.15) is 0 Å². The molecule has 3 aromatic rings. The van der Waals surface area contributed by atoms with Gasteiger partial charge in [-0.25, -0.2) is 0 Å². The standard InChI is InChI=1S/C18H15P.C2H4.2ClH.Pt/c1-4-10-16(11-5-1)19(17-12-6-2-7-13-17)18-14-8-3-9-15-18;1-2;;;/h1-15H;1-2H2;2*1H;/q;;;;+2/p-1. The minimum absolute atomic E-state index is 0. The van der Waals surface area contributed by atoms with Crippen LogP contribution in [0.2, 0.25) is 0 Å². The van der Waals surface area contributed by atoms with Crippen molar-refractivity contribution in [3.8, 4) is 0 Å². The molecule has 0 aromatic heterocycles. The molecule has 24 heavy (non-hydrogen) atoms. The number of halogens is 2. The van der Waals surface area contributed by atoms with Gasteiger partial charge in [-0.2, -0.15) is 0 Å². The summed E-state index contributed by atoms with van der Waals surface area (Å²) in [6, 6.07) is 32.3. The van der Waals surface area contributed by atoms with Crippen LogP contribution in [0.5, 0.6) is 0 Å². The molecule has 0 atom stereocenters. The van der Waals surface area contributed by atoms with Crippen molar-refractivity contribution in [3.05, 3.63) is 104 Å². The van der Waals surface area contributed by atoms with E-state index in [1.165, 1.54) is 15.9 Å². The molecule has 0 nitrogen and oxygen atoms in total. The van der Waals surface area contributed by atoms with Crippen molar-refractivity contribution < 1.29 is 33.5 Å². The van der Waals surface area contributed by atoms with E-state index in [1.54, 1.807) is 0 Å². The molecule has 0 fully saturated rings. The summed E-state index contributed by atoms with van der Waals surface area (Å²) in [6.45, 7) is 6.00. The van der Waals surface area contributed by atoms with Crippen LogP contribution in [0.15, 0.2) is 104 Å². The van der Waals surface area contributed by atoms with Crippen molar-refractivity contribution in [3.63, 3.8) is 0 Å². The van der Waals surface area contributed by atoms with E-state index in [0.717, 1.165) is 0 Å². The molecule has 0 bridgehead atoms. The molecule has 0 N–H and O–H groups in total. The molecular weight excluding hydrogens is 537 g/mol. The van der Waals surface area contributed by atoms with Crippen molar-refractivity contribution in [2.75, 3.05) is 0 Å². The zero-order chi connectivity index (χ0) is 14.9. The Morgan fingerprint density at radius 2 is 0.708 bits per heavy atom. The predicted molar refractivity (Wildman–Crippen MR) is 104 cm³/mol. The van der Waals surface area contributed by atoms with Gasteiger partial charge in [-0.3, -0.25) is 0 Å². The third-order valence-corrected chi connectivity index (χ3v) is 5.49. The van der Waals surface area contributed by atoms with E-state index >= 15 is 0 Å². The third-order valence-electron chi connectivity index (χ3n) is 3.04. The molecular formula is C20H20Cl2PPt+. The van der Waals surface area contributed by atoms with Crippen LogP contribution in [0, 0.1) is 0 Å². The van der Waals surface area contributed by atoms with Crippen LogP contribution >= 0.6 is 20.3 Å². The first-order valence-electron chi connectivity index (χ1n) is 6.90. The number of benzene rings is 3. The summed E-state index contributed by atoms with van der Waals surface area (Å²) in [5.41, 5.74) is 0. The molecule has 0 aliphatic carbocycles. The Kier molecular flexibility index (Phi) is 15.2. The number of hydrogen-bond donors (Lipinski definition) is 0. The van der Waals surface area contributed by atoms with E-state index in [2.05, 4.69) is 104 Å². The van der Waals surface area contributed by atoms with E-state index in [0.29, 0.717) is 0 Å². The van der Waals surface area contributed by atoms with Crippen molar-refractivity contribution in [2.24, 2.45) is 0 Å². The fourth-order valence-electron chi connectivity index (χ4n) is 2.18. The maximum atomic E-state index is 3.00. The van der Waals surface area contributed by atoms with E-state index in [1.807, 2.05) is 0 Å². The first kappa shape index (κ1) is 25.3. The molecule has 0 heterocycles. The zero-order valence-corrected chi connectivity index (χ0v) is 17.9. The van der Waals surface area contributed by atoms with E-state index in [4.69, 9.17) is 0 Å². The Morgan fingerprint density at radius 3 is 0.917 bits per heavy atom. The van der Waals surface area contributed by atoms with Crippen LogP contribution in [-0.2, 0) is 21.1 Å². The minimum atomic E-state index is -0.446. The molecule has 4 heteroatoms. The third kappa shape index (κ3) is 6.92. The van der Waals surface area contributed by atoms with Crippen molar-refractivity contribution in [1.29, 1.82) is 0 Å². The molecule has 0 saturated heterocycles. The van der Waals surface area contributed by atoms with Gasteiger partial charge in [-0.15, -0.1) is 25.6 Å². The van der Waals surface area contributed by atoms with Gasteiger partial charge in [0.2, 0.25) is 0 Å². The van der Waals surface area contributed by atoms with E-state index in [-0.39, 0.29) is 45.9 Å². The van der Waals surface area contributed by atoms with Crippen molar-refractivity contribution in [1.82, 2.24) is 0 Å². The normalized spacial score (nSPS) is 8.54. The zero-order valence-electron chi connectivity index (χ0n) is 13.1. The summed E-state index contributed by atoms with van der Waals surface area (Å²) in [5, 5.41) is 4.19. The van der Waals surface area contributed by atoms with Crippen molar-refractivity contribution >= 4 is 36.2 Å². The van der Waals surface area contributed by atoms with Crippen LogP contribution in [0.4, 0.5) is 0 Å². The largest absolute Gasteiger partial charge is 2.00 e. The van der Waals surface area contributed by atoms with Crippen LogP contribution in [0.25, 0.3) is 0 Å². The summed E-state index contributed by atoms with van der Waals surface area (Å²) in [6.07, 6.45) is 0. The van der Waals surface area contributed by atoms with Crippen LogP contribution in [0.3, 0.4) is 0 Å². The van der Waals surface area contributed by atoms with Gasteiger partial charge in [0.15, 0.2) is 0 Å². The summed E-state index contributed by atoms with van der Waals surface area (Å²) in [4.78, 5) is 0. The smallest absolute Gasteiger partial charge is 1.00 e. The summed E-state index contributed by atoms with van der Waals surface area (Å²) >= 11 is 0. The first-order valence-corrected chi connectivity index (χ1v) is 8.24. The second-order valence-electron chi connectivity index (χ2n) is 4.34. The fraction of sp³-hybridized carbons (Fsp3) is 0. The molecule has 0 spiro atoms. The van der Waals surface area contributed by atoms with Gasteiger partial charge < -0.3 is 12.4 Å². The average molecular weight is 557 g/mol. The Bertz CT molecular complexity index is 554. The fourth-order valence-corrected chi connectivity index (χ4v) is 4.48. The summed E-state index contributed by atoms with van der Waals surface area (Å²) in [7, 11) is -0.446. The maximum absolute atomic E-state index is 3.00. The quantitative estimate of drug-likeness (QED) is 0.340. The molecule has 0 saturated carbocycles. The first-order chi connectivity index (χ1) is 10.4. The van der Waals surface area contributed by atoms with Gasteiger partial charge in [-0.05, 0) is 23.8 Å². The van der Waals surface area contributed by atoms with Crippen LogP contribution in [-0.4, -0.2) is 0 Å². The maximum Gasteiger partial charge on any atom is 2.00 e. The van der Waals surface area contributed by atoms with E-state index in [9.17, 15) is 0 Å². The second-order valence-corrected chi connectivity index (χ2v) is 6.56. The van der Waals surface area contributed by atoms with Gasteiger partial charge in [0.05, 0.1) is 0 Å². The molecule has 3 aromatic carbocycles. The predicted octanol–water partition coefficient (Wildman–Crippen LogP) is 1.67. The monoisotopic (exact) mass is 556 g/mol. The molecule has 0 amide bonds. The Balaban J connectivity index is 0. The Hall–Kier alpha value is -0.902. The molecule has 0 aliphatic rings. The van der Waals surface area contributed by atoms with Gasteiger partial charge in [0.25, 0.3) is 0 Å². The molecule has 128 valence electrons. The molecule has 3 rings (SSSR count). The number of rotatable bonds is 3. The SMILES string of the molecule is C=C.Cl.[Cl-].[Pt+2].c1ccc(P(c2ccccc2)c2ccccc2)cc1. The second kappa shape index (κ2) is 14.4. The Morgan fingerprint density at radius 1 is 0.500 bits per heavy atom. The molecule has 0 aliphatic heterocycles. The van der Waals surface area contributed by atoms with Crippen LogP contribution < -0.4 is 28.3 Å². The topological polar surface area (TPSA) is 0 Å². The molecule has 0 radical (unpaired) electrons. The minimum Gasteiger partial charge on any atom is -1.00 e. The average Bonchev–Trinajstić information content (AvgIpc) is 2.60. The van der Waals surface area contributed by atoms with Gasteiger partial charge in [0.1, 0.15) is 0 Å². The van der Waals surface area contributed by atoms with Gasteiger partial charge in [-0.1, -0.05) is 91.0 Å².